The van der Waals surface area contributed by atoms with Gasteiger partial charge in [-0.1, -0.05) is 36.4 Å². The third-order valence-corrected chi connectivity index (χ3v) is 4.09. The Balaban J connectivity index is 1.64. The minimum absolute atomic E-state index is 0.0123. The fraction of sp³-hybridized carbons (Fsp3) is 0.0909. The summed E-state index contributed by atoms with van der Waals surface area (Å²) in [5.74, 6) is -1.19. The van der Waals surface area contributed by atoms with Crippen molar-refractivity contribution in [3.63, 3.8) is 0 Å². The van der Waals surface area contributed by atoms with Gasteiger partial charge in [-0.3, -0.25) is 9.59 Å². The Morgan fingerprint density at radius 1 is 0.857 bits per heavy atom. The Labute approximate surface area is 162 Å². The number of hydrogen-bond acceptors (Lipinski definition) is 3. The standard InChI is InChI=1S/C22H19FN2O3/c1-15-18(24-21(26)14-28-20-13-6-5-10-17(20)23)11-7-12-19(15)25-22(27)16-8-3-2-4-9-16/h2-13H,14H2,1H3,(H,24,26)(H,25,27). The van der Waals surface area contributed by atoms with E-state index >= 15 is 0 Å². The number of anilines is 2. The van der Waals surface area contributed by atoms with E-state index in [1.165, 1.54) is 12.1 Å². The molecule has 2 N–H and O–H groups in total. The summed E-state index contributed by atoms with van der Waals surface area (Å²) in [4.78, 5) is 24.5. The van der Waals surface area contributed by atoms with Crippen LogP contribution in [0.3, 0.4) is 0 Å². The van der Waals surface area contributed by atoms with Gasteiger partial charge >= 0.3 is 0 Å². The molecule has 0 fully saturated rings. The molecule has 0 bridgehead atoms. The highest BCUT2D eigenvalue weighted by molar-refractivity contribution is 6.05. The summed E-state index contributed by atoms with van der Waals surface area (Å²) in [7, 11) is 0. The number of carbonyl (C=O) groups is 2. The first kappa shape index (κ1) is 19.1. The molecule has 0 saturated carbocycles. The van der Waals surface area contributed by atoms with E-state index < -0.39 is 11.7 Å². The molecule has 0 aliphatic heterocycles. The van der Waals surface area contributed by atoms with Crippen LogP contribution in [0.4, 0.5) is 15.8 Å². The van der Waals surface area contributed by atoms with Gasteiger partial charge in [-0.15, -0.1) is 0 Å². The lowest BCUT2D eigenvalue weighted by Crippen LogP contribution is -2.21. The lowest BCUT2D eigenvalue weighted by molar-refractivity contribution is -0.118. The molecule has 0 radical (unpaired) electrons. The molecule has 0 aromatic heterocycles. The van der Waals surface area contributed by atoms with Crippen molar-refractivity contribution in [2.24, 2.45) is 0 Å². The highest BCUT2D eigenvalue weighted by Gasteiger charge is 2.12. The molecular weight excluding hydrogens is 359 g/mol. The number of halogens is 1. The largest absolute Gasteiger partial charge is 0.481 e. The smallest absolute Gasteiger partial charge is 0.262 e. The molecule has 0 aliphatic rings. The lowest BCUT2D eigenvalue weighted by atomic mass is 10.1. The van der Waals surface area contributed by atoms with Crippen LogP contribution in [0.5, 0.6) is 5.75 Å². The molecule has 6 heteroatoms. The van der Waals surface area contributed by atoms with E-state index in [2.05, 4.69) is 10.6 Å². The normalized spacial score (nSPS) is 10.2. The van der Waals surface area contributed by atoms with Gasteiger partial charge in [0.15, 0.2) is 18.2 Å². The monoisotopic (exact) mass is 378 g/mol. The van der Waals surface area contributed by atoms with Crippen LogP contribution in [-0.4, -0.2) is 18.4 Å². The molecule has 0 aliphatic carbocycles. The number of hydrogen-bond donors (Lipinski definition) is 2. The van der Waals surface area contributed by atoms with Crippen LogP contribution < -0.4 is 15.4 Å². The number of nitrogens with one attached hydrogen (secondary N) is 2. The summed E-state index contributed by atoms with van der Waals surface area (Å²) in [6.07, 6.45) is 0. The predicted molar refractivity (Wildman–Crippen MR) is 106 cm³/mol. The average Bonchev–Trinajstić information content (AvgIpc) is 2.71. The van der Waals surface area contributed by atoms with E-state index in [4.69, 9.17) is 4.74 Å². The fourth-order valence-electron chi connectivity index (χ4n) is 2.58. The second-order valence-electron chi connectivity index (χ2n) is 6.07. The van der Waals surface area contributed by atoms with E-state index in [9.17, 15) is 14.0 Å². The van der Waals surface area contributed by atoms with Crippen molar-refractivity contribution in [3.05, 3.63) is 89.7 Å². The second-order valence-corrected chi connectivity index (χ2v) is 6.07. The Bertz CT molecular complexity index is 990. The lowest BCUT2D eigenvalue weighted by Gasteiger charge is -2.14. The maximum Gasteiger partial charge on any atom is 0.262 e. The van der Waals surface area contributed by atoms with Gasteiger partial charge in [0.2, 0.25) is 0 Å². The number of amides is 2. The SMILES string of the molecule is Cc1c(NC(=O)COc2ccccc2F)cccc1NC(=O)c1ccccc1. The average molecular weight is 378 g/mol. The molecule has 0 heterocycles. The van der Waals surface area contributed by atoms with Crippen LogP contribution >= 0.6 is 0 Å². The molecular formula is C22H19FN2O3. The summed E-state index contributed by atoms with van der Waals surface area (Å²) in [6, 6.07) is 19.9. The number of carbonyl (C=O) groups excluding carboxylic acids is 2. The van der Waals surface area contributed by atoms with Crippen LogP contribution in [0.2, 0.25) is 0 Å². The Hall–Kier alpha value is -3.67. The van der Waals surface area contributed by atoms with Crippen LogP contribution in [0.25, 0.3) is 0 Å². The summed E-state index contributed by atoms with van der Waals surface area (Å²) in [5, 5.41) is 5.55. The van der Waals surface area contributed by atoms with Crippen LogP contribution in [0.1, 0.15) is 15.9 Å². The summed E-state index contributed by atoms with van der Waals surface area (Å²) >= 11 is 0. The maximum atomic E-state index is 13.5. The van der Waals surface area contributed by atoms with Crippen molar-refractivity contribution >= 4 is 23.2 Å². The minimum Gasteiger partial charge on any atom is -0.481 e. The van der Waals surface area contributed by atoms with E-state index in [1.807, 2.05) is 6.07 Å². The maximum absolute atomic E-state index is 13.5. The zero-order chi connectivity index (χ0) is 19.9. The van der Waals surface area contributed by atoms with Crippen LogP contribution in [0, 0.1) is 12.7 Å². The van der Waals surface area contributed by atoms with Gasteiger partial charge in [0.05, 0.1) is 0 Å². The quantitative estimate of drug-likeness (QED) is 0.668. The van der Waals surface area contributed by atoms with Crippen LogP contribution in [-0.2, 0) is 4.79 Å². The Kier molecular flexibility index (Phi) is 6.01. The molecule has 0 spiro atoms. The van der Waals surface area contributed by atoms with Crippen molar-refractivity contribution in [3.8, 4) is 5.75 Å². The molecule has 142 valence electrons. The first-order valence-electron chi connectivity index (χ1n) is 8.68. The first-order valence-corrected chi connectivity index (χ1v) is 8.68. The van der Waals surface area contributed by atoms with Crippen molar-refractivity contribution in [1.29, 1.82) is 0 Å². The van der Waals surface area contributed by atoms with Gasteiger partial charge in [0, 0.05) is 16.9 Å². The summed E-state index contributed by atoms with van der Waals surface area (Å²) in [5.41, 5.74) is 2.36. The van der Waals surface area contributed by atoms with E-state index in [-0.39, 0.29) is 18.3 Å². The van der Waals surface area contributed by atoms with E-state index in [1.54, 1.807) is 61.5 Å². The third kappa shape index (κ3) is 4.73. The zero-order valence-electron chi connectivity index (χ0n) is 15.2. The van der Waals surface area contributed by atoms with Crippen molar-refractivity contribution in [2.75, 3.05) is 17.2 Å². The third-order valence-electron chi connectivity index (χ3n) is 4.09. The first-order chi connectivity index (χ1) is 13.5. The molecule has 28 heavy (non-hydrogen) atoms. The highest BCUT2D eigenvalue weighted by atomic mass is 19.1. The number of para-hydroxylation sites is 1. The van der Waals surface area contributed by atoms with Crippen molar-refractivity contribution in [2.45, 2.75) is 6.92 Å². The summed E-state index contributed by atoms with van der Waals surface area (Å²) in [6.45, 7) is 1.45. The fourth-order valence-corrected chi connectivity index (χ4v) is 2.58. The molecule has 2 amide bonds. The number of ether oxygens (including phenoxy) is 1. The topological polar surface area (TPSA) is 67.4 Å². The number of benzene rings is 3. The summed E-state index contributed by atoms with van der Waals surface area (Å²) < 4.78 is 18.8. The molecule has 3 aromatic carbocycles. The van der Waals surface area contributed by atoms with Gasteiger partial charge in [-0.2, -0.15) is 0 Å². The predicted octanol–water partition coefficient (Wildman–Crippen LogP) is 4.40. The highest BCUT2D eigenvalue weighted by Crippen LogP contribution is 2.24. The van der Waals surface area contributed by atoms with Gasteiger partial charge in [0.25, 0.3) is 11.8 Å². The van der Waals surface area contributed by atoms with Gasteiger partial charge < -0.3 is 15.4 Å². The molecule has 0 unspecified atom stereocenters. The Morgan fingerprint density at radius 3 is 2.21 bits per heavy atom. The van der Waals surface area contributed by atoms with Gasteiger partial charge in [0.1, 0.15) is 0 Å². The molecule has 3 aromatic rings. The molecule has 3 rings (SSSR count). The molecule has 0 saturated heterocycles. The zero-order valence-corrected chi connectivity index (χ0v) is 15.2. The number of rotatable bonds is 6. The van der Waals surface area contributed by atoms with Gasteiger partial charge in [-0.05, 0) is 48.9 Å². The molecule has 5 nitrogen and oxygen atoms in total. The Morgan fingerprint density at radius 2 is 1.50 bits per heavy atom. The van der Waals surface area contributed by atoms with Crippen molar-refractivity contribution < 1.29 is 18.7 Å². The van der Waals surface area contributed by atoms with E-state index in [0.29, 0.717) is 22.5 Å². The van der Waals surface area contributed by atoms with Crippen LogP contribution in [0.15, 0.2) is 72.8 Å². The van der Waals surface area contributed by atoms with Gasteiger partial charge in [-0.25, -0.2) is 4.39 Å². The van der Waals surface area contributed by atoms with E-state index in [0.717, 1.165) is 0 Å². The molecule has 0 atom stereocenters. The van der Waals surface area contributed by atoms with Crippen molar-refractivity contribution in [1.82, 2.24) is 0 Å². The minimum atomic E-state index is -0.530. The second kappa shape index (κ2) is 8.81.